The van der Waals surface area contributed by atoms with Crippen LogP contribution in [0.5, 0.6) is 11.8 Å². The van der Waals surface area contributed by atoms with E-state index >= 15 is 0 Å². The second-order valence-corrected chi connectivity index (χ2v) is 13.3. The third-order valence-corrected chi connectivity index (χ3v) is 9.71. The average molecular weight is 743 g/mol. The predicted octanol–water partition coefficient (Wildman–Crippen LogP) is 2.27. The number of hydrogen-bond acceptors (Lipinski definition) is 13. The quantitative estimate of drug-likeness (QED) is 0.131. The summed E-state index contributed by atoms with van der Waals surface area (Å²) in [4.78, 5) is 11.6. The smallest absolute Gasteiger partial charge is 0.221 e. The van der Waals surface area contributed by atoms with E-state index in [-0.39, 0.29) is 37.4 Å². The van der Waals surface area contributed by atoms with Crippen LogP contribution in [0.25, 0.3) is 10.8 Å². The van der Waals surface area contributed by atoms with Crippen LogP contribution in [0.2, 0.25) is 5.02 Å². The number of ether oxygens (including phenoxy) is 6. The largest absolute Gasteiger partial charge is 0.494 e. The zero-order chi connectivity index (χ0) is 36.7. The second-order valence-electron chi connectivity index (χ2n) is 12.9. The maximum Gasteiger partial charge on any atom is 0.221 e. The van der Waals surface area contributed by atoms with Crippen molar-refractivity contribution in [2.45, 2.75) is 87.8 Å². The van der Waals surface area contributed by atoms with Crippen molar-refractivity contribution in [3.63, 3.8) is 0 Å². The van der Waals surface area contributed by atoms with Crippen LogP contribution >= 0.6 is 11.6 Å². The molecule has 0 bridgehead atoms. The Bertz CT molecular complexity index is 1840. The maximum absolute atomic E-state index is 11.6. The number of aliphatic hydroxyl groups excluding tert-OH is 4. The Hall–Kier alpha value is -3.84. The van der Waals surface area contributed by atoms with Crippen LogP contribution in [0.1, 0.15) is 24.3 Å². The first kappa shape index (κ1) is 36.5. The van der Waals surface area contributed by atoms with Crippen LogP contribution in [-0.4, -0.2) is 109 Å². The van der Waals surface area contributed by atoms with Crippen molar-refractivity contribution >= 4 is 34.0 Å². The summed E-state index contributed by atoms with van der Waals surface area (Å²) < 4.78 is 37.2. The molecule has 3 aliphatic rings. The second kappa shape index (κ2) is 15.3. The Labute approximate surface area is 302 Å². The van der Waals surface area contributed by atoms with Gasteiger partial charge in [-0.2, -0.15) is 0 Å². The molecule has 4 heterocycles. The topological polar surface area (TPSA) is 211 Å². The molecule has 7 rings (SSSR count). The standard InChI is InChI=1S/C36H39ClN2O13/c1-17(40)38-23-13-18(11-12-22(23)37)15-47-35-28(43)26(41)30(24(49-35)14-39-32(45)20-9-5-6-10-21(20)33(39)46)52-36-29(44)27(42)31-25(50-36)16-48-34(51-31)19-7-3-2-4-8-19/h2-13,24-31,34-36,41-46H,14-16H2,1H3,(H,38,40). The third kappa shape index (κ3) is 7.22. The number of rotatable bonds is 9. The van der Waals surface area contributed by atoms with E-state index in [0.717, 1.165) is 4.57 Å². The molecule has 3 aliphatic heterocycles. The molecule has 7 N–H and O–H groups in total. The monoisotopic (exact) mass is 742 g/mol. The first-order chi connectivity index (χ1) is 25.0. The molecule has 15 nitrogen and oxygen atoms in total. The number of carbonyl (C=O) groups is 1. The summed E-state index contributed by atoms with van der Waals surface area (Å²) in [5.74, 6) is -0.920. The molecule has 16 heteroatoms. The van der Waals surface area contributed by atoms with Gasteiger partial charge in [-0.05, 0) is 29.8 Å². The molecule has 0 radical (unpaired) electrons. The molecular weight excluding hydrogens is 704 g/mol. The fraction of sp³-hybridized carbons (Fsp3) is 0.417. The number of aromatic nitrogens is 1. The van der Waals surface area contributed by atoms with E-state index in [0.29, 0.717) is 32.6 Å². The highest BCUT2D eigenvalue weighted by Gasteiger charge is 2.53. The molecule has 3 fully saturated rings. The third-order valence-electron chi connectivity index (χ3n) is 9.38. The van der Waals surface area contributed by atoms with E-state index in [1.54, 1.807) is 54.6 Å². The summed E-state index contributed by atoms with van der Waals surface area (Å²) in [6.45, 7) is 0.843. The van der Waals surface area contributed by atoms with Gasteiger partial charge in [-0.1, -0.05) is 60.1 Å². The highest BCUT2D eigenvalue weighted by atomic mass is 35.5. The van der Waals surface area contributed by atoms with Gasteiger partial charge in [-0.15, -0.1) is 0 Å². The van der Waals surface area contributed by atoms with Crippen molar-refractivity contribution in [3.05, 3.63) is 88.9 Å². The molecule has 11 unspecified atom stereocenters. The first-order valence-corrected chi connectivity index (χ1v) is 17.1. The van der Waals surface area contributed by atoms with Gasteiger partial charge in [-0.25, -0.2) is 0 Å². The van der Waals surface area contributed by atoms with Gasteiger partial charge in [0.05, 0.1) is 30.5 Å². The number of aliphatic hydroxyl groups is 4. The molecule has 278 valence electrons. The Morgan fingerprint density at radius 3 is 2.23 bits per heavy atom. The summed E-state index contributed by atoms with van der Waals surface area (Å²) in [6.07, 6.45) is -15.0. The van der Waals surface area contributed by atoms with E-state index in [1.807, 2.05) is 18.2 Å². The normalized spacial score (nSPS) is 32.0. The van der Waals surface area contributed by atoms with Gasteiger partial charge in [-0.3, -0.25) is 9.36 Å². The lowest BCUT2D eigenvalue weighted by atomic mass is 9.96. The Balaban J connectivity index is 1.12. The number of halogens is 1. The van der Waals surface area contributed by atoms with Gasteiger partial charge in [0, 0.05) is 23.3 Å². The lowest BCUT2D eigenvalue weighted by molar-refractivity contribution is -0.385. The van der Waals surface area contributed by atoms with E-state index in [9.17, 15) is 35.4 Å². The number of nitrogens with one attached hydrogen (secondary N) is 1. The van der Waals surface area contributed by atoms with E-state index in [4.69, 9.17) is 40.0 Å². The summed E-state index contributed by atoms with van der Waals surface area (Å²) >= 11 is 6.20. The number of nitrogens with zero attached hydrogens (tertiary/aromatic N) is 1. The molecule has 3 saturated heterocycles. The van der Waals surface area contributed by atoms with Gasteiger partial charge < -0.3 is 64.4 Å². The first-order valence-electron chi connectivity index (χ1n) is 16.7. The number of amides is 1. The maximum atomic E-state index is 11.6. The van der Waals surface area contributed by atoms with Crippen LogP contribution in [0, 0.1) is 0 Å². The minimum absolute atomic E-state index is 0.0222. The number of hydrogen-bond donors (Lipinski definition) is 7. The average Bonchev–Trinajstić information content (AvgIpc) is 3.38. The predicted molar refractivity (Wildman–Crippen MR) is 182 cm³/mol. The molecule has 1 amide bonds. The van der Waals surface area contributed by atoms with Crippen LogP contribution in [0.4, 0.5) is 5.69 Å². The van der Waals surface area contributed by atoms with E-state index < -0.39 is 67.7 Å². The zero-order valence-electron chi connectivity index (χ0n) is 27.8. The lowest BCUT2D eigenvalue weighted by Gasteiger charge is -2.49. The summed E-state index contributed by atoms with van der Waals surface area (Å²) in [7, 11) is 0. The van der Waals surface area contributed by atoms with Gasteiger partial charge in [0.1, 0.15) is 48.8 Å². The SMILES string of the molecule is CC(=O)Nc1cc(COC2OC(Cn3c(O)c4ccccc4c3O)C(OC3OC4COC(c5ccccc5)OC4C(O)C3O)C(O)C2O)ccc1Cl. The molecule has 11 atom stereocenters. The number of aromatic hydroxyl groups is 2. The highest BCUT2D eigenvalue weighted by molar-refractivity contribution is 6.33. The van der Waals surface area contributed by atoms with Gasteiger partial charge in [0.25, 0.3) is 0 Å². The van der Waals surface area contributed by atoms with Crippen LogP contribution < -0.4 is 5.32 Å². The molecular formula is C36H39ClN2O13. The highest BCUT2D eigenvalue weighted by Crippen LogP contribution is 2.39. The van der Waals surface area contributed by atoms with Gasteiger partial charge >= 0.3 is 0 Å². The van der Waals surface area contributed by atoms with Crippen LogP contribution in [0.3, 0.4) is 0 Å². The zero-order valence-corrected chi connectivity index (χ0v) is 28.5. The minimum atomic E-state index is -1.73. The summed E-state index contributed by atoms with van der Waals surface area (Å²) in [6, 6.07) is 20.5. The Kier molecular flexibility index (Phi) is 10.7. The molecule has 0 spiro atoms. The summed E-state index contributed by atoms with van der Waals surface area (Å²) in [5, 5.41) is 70.8. The molecule has 3 aromatic carbocycles. The Morgan fingerprint density at radius 2 is 1.54 bits per heavy atom. The van der Waals surface area contributed by atoms with Crippen LogP contribution in [-0.2, 0) is 46.4 Å². The molecule has 0 aliphatic carbocycles. The molecule has 4 aromatic rings. The number of fused-ring (bicyclic) bond motifs is 2. The minimum Gasteiger partial charge on any atom is -0.494 e. The van der Waals surface area contributed by atoms with Crippen molar-refractivity contribution in [2.24, 2.45) is 0 Å². The van der Waals surface area contributed by atoms with Crippen molar-refractivity contribution in [2.75, 3.05) is 11.9 Å². The van der Waals surface area contributed by atoms with E-state index in [1.165, 1.54) is 6.92 Å². The molecule has 1 aromatic heterocycles. The van der Waals surface area contributed by atoms with Crippen molar-refractivity contribution in [1.82, 2.24) is 4.57 Å². The van der Waals surface area contributed by atoms with Crippen molar-refractivity contribution in [1.29, 1.82) is 0 Å². The fourth-order valence-corrected chi connectivity index (χ4v) is 6.89. The van der Waals surface area contributed by atoms with Crippen molar-refractivity contribution < 1.29 is 63.9 Å². The molecule has 52 heavy (non-hydrogen) atoms. The fourth-order valence-electron chi connectivity index (χ4n) is 6.73. The van der Waals surface area contributed by atoms with Crippen molar-refractivity contribution in [3.8, 4) is 11.8 Å². The lowest BCUT2D eigenvalue weighted by Crippen LogP contribution is -2.65. The van der Waals surface area contributed by atoms with Gasteiger partial charge in [0.2, 0.25) is 17.7 Å². The van der Waals surface area contributed by atoms with Crippen LogP contribution in [0.15, 0.2) is 72.8 Å². The number of anilines is 1. The molecule has 0 saturated carbocycles. The number of benzene rings is 3. The number of carbonyl (C=O) groups excluding carboxylic acids is 1. The summed E-state index contributed by atoms with van der Waals surface area (Å²) in [5.41, 5.74) is 1.61. The van der Waals surface area contributed by atoms with Gasteiger partial charge in [0.15, 0.2) is 18.9 Å². The van der Waals surface area contributed by atoms with E-state index in [2.05, 4.69) is 5.32 Å². The Morgan fingerprint density at radius 1 is 0.865 bits per heavy atom.